The summed E-state index contributed by atoms with van der Waals surface area (Å²) in [5.74, 6) is 0.699. The van der Waals surface area contributed by atoms with Crippen molar-refractivity contribution in [2.45, 2.75) is 58.5 Å². The molecule has 0 radical (unpaired) electrons. The number of sulfonamides is 1. The Morgan fingerprint density at radius 2 is 1.60 bits per heavy atom. The summed E-state index contributed by atoms with van der Waals surface area (Å²) in [6, 6.07) is 26.7. The number of ether oxygens (including phenoxy) is 1. The highest BCUT2D eigenvalue weighted by Gasteiger charge is 2.33. The first-order valence-electron chi connectivity index (χ1n) is 19.2. The number of thiophene rings is 1. The predicted octanol–water partition coefficient (Wildman–Crippen LogP) is 8.16. The summed E-state index contributed by atoms with van der Waals surface area (Å²) in [5, 5.41) is 22.8. The number of H-pyrrole nitrogens is 1. The van der Waals surface area contributed by atoms with Crippen LogP contribution in [0.15, 0.2) is 101 Å². The van der Waals surface area contributed by atoms with Gasteiger partial charge in [-0.1, -0.05) is 54.6 Å². The standard InChI is InChI=1S/C45H40N8O5S2/c1-6-58-38(54)21-37-43-51-50-28(5)53(43)45-40(26(3)27(4)59-45)41(49-37)32-14-10-30(11-15-32)31-12-16-33(17-13-31)44(55)48-23-29-8-18-35(19-9-29)60(56,57)52-36-20-7-25(2)39-34(22-46)24-47-42(36)39/h7-20,24,37,47,52H,6,21,23H2,1-5H3,(H,48,55)/t37-/m0/s1. The lowest BCUT2D eigenvalue weighted by Crippen LogP contribution is -2.22. The SMILES string of the molecule is CCOC(=O)C[C@@H]1N=C(c2ccc(-c3ccc(C(=O)NCc4ccc(S(=O)(=O)Nc5ccc(C)c6c(C#N)c[nH]c56)cc4)cc3)cc2)c2c(sc(C)c2C)-n2c(C)nnc21. The van der Waals surface area contributed by atoms with Gasteiger partial charge in [-0.2, -0.15) is 5.26 Å². The van der Waals surface area contributed by atoms with E-state index in [1.54, 1.807) is 60.9 Å². The molecule has 0 unspecified atom stereocenters. The number of carbonyl (C=O) groups excluding carboxylic acids is 2. The molecule has 4 aromatic carbocycles. The van der Waals surface area contributed by atoms with Crippen LogP contribution >= 0.6 is 11.3 Å². The Morgan fingerprint density at radius 1 is 0.917 bits per heavy atom. The predicted molar refractivity (Wildman–Crippen MR) is 231 cm³/mol. The highest BCUT2D eigenvalue weighted by molar-refractivity contribution is 7.92. The third-order valence-corrected chi connectivity index (χ3v) is 13.2. The first-order valence-corrected chi connectivity index (χ1v) is 21.5. The monoisotopic (exact) mass is 836 g/mol. The first-order chi connectivity index (χ1) is 28.9. The molecule has 0 saturated heterocycles. The molecule has 1 aliphatic rings. The molecule has 1 amide bonds. The van der Waals surface area contributed by atoms with Crippen LogP contribution in [0.25, 0.3) is 27.0 Å². The van der Waals surface area contributed by atoms with Gasteiger partial charge in [0.2, 0.25) is 0 Å². The third-order valence-electron chi connectivity index (χ3n) is 10.6. The molecule has 302 valence electrons. The van der Waals surface area contributed by atoms with E-state index in [0.29, 0.717) is 33.5 Å². The van der Waals surface area contributed by atoms with Crippen molar-refractivity contribution >= 4 is 55.5 Å². The molecule has 0 aliphatic carbocycles. The van der Waals surface area contributed by atoms with Crippen molar-refractivity contribution in [1.29, 1.82) is 5.26 Å². The van der Waals surface area contributed by atoms with Crippen molar-refractivity contribution in [3.05, 3.63) is 147 Å². The highest BCUT2D eigenvalue weighted by atomic mass is 32.2. The fraction of sp³-hybridized carbons (Fsp3) is 0.200. The fourth-order valence-corrected chi connectivity index (χ4v) is 9.69. The average Bonchev–Trinajstić information content (AvgIpc) is 3.92. The number of carbonyl (C=O) groups is 2. The lowest BCUT2D eigenvalue weighted by molar-refractivity contribution is -0.143. The third kappa shape index (κ3) is 7.47. The Labute approximate surface area is 350 Å². The van der Waals surface area contributed by atoms with Crippen molar-refractivity contribution in [1.82, 2.24) is 25.1 Å². The first kappa shape index (κ1) is 39.9. The molecule has 13 nitrogen and oxygen atoms in total. The van der Waals surface area contributed by atoms with E-state index in [9.17, 15) is 23.3 Å². The second-order valence-electron chi connectivity index (χ2n) is 14.5. The molecule has 0 bridgehead atoms. The second kappa shape index (κ2) is 16.0. The van der Waals surface area contributed by atoms with Crippen LogP contribution in [0.3, 0.4) is 0 Å². The normalized spacial score (nSPS) is 13.5. The van der Waals surface area contributed by atoms with Gasteiger partial charge in [-0.25, -0.2) is 8.42 Å². The van der Waals surface area contributed by atoms with Crippen LogP contribution in [0.5, 0.6) is 0 Å². The van der Waals surface area contributed by atoms with Crippen LogP contribution in [-0.4, -0.2) is 52.4 Å². The molecular weight excluding hydrogens is 797 g/mol. The molecule has 0 spiro atoms. The maximum atomic E-state index is 13.3. The number of aromatic nitrogens is 4. The summed E-state index contributed by atoms with van der Waals surface area (Å²) in [5.41, 5.74) is 9.00. The van der Waals surface area contributed by atoms with E-state index in [1.807, 2.05) is 54.8 Å². The Morgan fingerprint density at radius 3 is 2.28 bits per heavy atom. The van der Waals surface area contributed by atoms with Crippen molar-refractivity contribution < 1.29 is 22.7 Å². The molecule has 15 heteroatoms. The van der Waals surface area contributed by atoms with Gasteiger partial charge >= 0.3 is 5.97 Å². The number of nitriles is 1. The van der Waals surface area contributed by atoms with E-state index in [-0.39, 0.29) is 36.3 Å². The summed E-state index contributed by atoms with van der Waals surface area (Å²) in [4.78, 5) is 35.3. The number of aliphatic imine (C=N–C) groups is 1. The zero-order valence-corrected chi connectivity index (χ0v) is 35.1. The maximum absolute atomic E-state index is 13.3. The quantitative estimate of drug-likeness (QED) is 0.109. The van der Waals surface area contributed by atoms with Crippen LogP contribution in [0.4, 0.5) is 5.69 Å². The number of fused-ring (bicyclic) bond motifs is 4. The maximum Gasteiger partial charge on any atom is 0.308 e. The number of nitrogens with one attached hydrogen (secondary N) is 3. The van der Waals surface area contributed by atoms with Crippen LogP contribution in [0.2, 0.25) is 0 Å². The minimum atomic E-state index is -3.94. The number of hydrogen-bond donors (Lipinski definition) is 3. The molecular formula is C45H40N8O5S2. The Bertz CT molecular complexity index is 2990. The Kier molecular flexibility index (Phi) is 10.7. The van der Waals surface area contributed by atoms with Crippen molar-refractivity contribution in [3.8, 4) is 22.2 Å². The van der Waals surface area contributed by atoms with Gasteiger partial charge in [-0.05, 0) is 92.8 Å². The van der Waals surface area contributed by atoms with Crippen molar-refractivity contribution in [2.75, 3.05) is 11.3 Å². The van der Waals surface area contributed by atoms with E-state index in [4.69, 9.17) is 9.73 Å². The summed E-state index contributed by atoms with van der Waals surface area (Å²) in [6.07, 6.45) is 1.60. The van der Waals surface area contributed by atoms with Gasteiger partial charge in [-0.15, -0.1) is 21.5 Å². The second-order valence-corrected chi connectivity index (χ2v) is 17.4. The average molecular weight is 837 g/mol. The summed E-state index contributed by atoms with van der Waals surface area (Å²) < 4.78 is 36.5. The van der Waals surface area contributed by atoms with Gasteiger partial charge in [0.25, 0.3) is 15.9 Å². The zero-order valence-electron chi connectivity index (χ0n) is 33.5. The number of aromatic amines is 1. The van der Waals surface area contributed by atoms with E-state index >= 15 is 0 Å². The van der Waals surface area contributed by atoms with Gasteiger partial charge in [0.1, 0.15) is 22.9 Å². The number of benzene rings is 4. The minimum Gasteiger partial charge on any atom is -0.466 e. The number of amides is 1. The van der Waals surface area contributed by atoms with Crippen LogP contribution in [-0.2, 0) is 26.1 Å². The minimum absolute atomic E-state index is 0.0361. The molecule has 8 rings (SSSR count). The zero-order chi connectivity index (χ0) is 42.3. The van der Waals surface area contributed by atoms with E-state index in [1.165, 1.54) is 12.1 Å². The largest absolute Gasteiger partial charge is 0.466 e. The van der Waals surface area contributed by atoms with Gasteiger partial charge in [0, 0.05) is 39.7 Å². The molecule has 4 heterocycles. The number of aryl methyl sites for hydroxylation is 3. The number of nitrogens with zero attached hydrogens (tertiary/aromatic N) is 5. The van der Waals surface area contributed by atoms with E-state index in [2.05, 4.69) is 45.1 Å². The molecule has 3 aromatic heterocycles. The van der Waals surface area contributed by atoms with Gasteiger partial charge in [-0.3, -0.25) is 23.9 Å². The van der Waals surface area contributed by atoms with Crippen LogP contribution in [0.1, 0.15) is 79.7 Å². The number of hydrogen-bond acceptors (Lipinski definition) is 10. The smallest absolute Gasteiger partial charge is 0.308 e. The van der Waals surface area contributed by atoms with Crippen molar-refractivity contribution in [2.24, 2.45) is 4.99 Å². The molecule has 60 heavy (non-hydrogen) atoms. The summed E-state index contributed by atoms with van der Waals surface area (Å²) in [6.45, 7) is 10.2. The highest BCUT2D eigenvalue weighted by Crippen LogP contribution is 2.40. The number of anilines is 1. The number of rotatable bonds is 11. The molecule has 0 saturated carbocycles. The Hall–Kier alpha value is -6.89. The van der Waals surface area contributed by atoms with Crippen LogP contribution < -0.4 is 10.0 Å². The fourth-order valence-electron chi connectivity index (χ4n) is 7.41. The number of esters is 1. The van der Waals surface area contributed by atoms with Gasteiger partial charge < -0.3 is 15.0 Å². The topological polar surface area (TPSA) is 184 Å². The molecule has 7 aromatic rings. The summed E-state index contributed by atoms with van der Waals surface area (Å²) >= 11 is 1.65. The lowest BCUT2D eigenvalue weighted by Gasteiger charge is -2.13. The molecule has 1 aliphatic heterocycles. The lowest BCUT2D eigenvalue weighted by atomic mass is 9.96. The molecule has 0 fully saturated rings. The van der Waals surface area contributed by atoms with Gasteiger partial charge in [0.05, 0.1) is 40.4 Å². The van der Waals surface area contributed by atoms with E-state index < -0.39 is 16.1 Å². The Balaban J connectivity index is 0.946. The molecule has 1 atom stereocenters. The van der Waals surface area contributed by atoms with Crippen molar-refractivity contribution in [3.63, 3.8) is 0 Å². The molecule has 3 N–H and O–H groups in total. The van der Waals surface area contributed by atoms with Gasteiger partial charge in [0.15, 0.2) is 5.82 Å². The van der Waals surface area contributed by atoms with Crippen LogP contribution in [0, 0.1) is 39.0 Å². The summed E-state index contributed by atoms with van der Waals surface area (Å²) in [7, 11) is -3.94. The van der Waals surface area contributed by atoms with E-state index in [0.717, 1.165) is 60.4 Å².